The number of nitrogens with zero attached hydrogens (tertiary/aromatic N) is 4. The minimum atomic E-state index is -0.392. The van der Waals surface area contributed by atoms with Crippen molar-refractivity contribution in [2.24, 2.45) is 20.0 Å². The van der Waals surface area contributed by atoms with Gasteiger partial charge in [0.1, 0.15) is 5.39 Å². The Morgan fingerprint density at radius 1 is 1.19 bits per heavy atom. The van der Waals surface area contributed by atoms with Gasteiger partial charge >= 0.3 is 11.7 Å². The molecule has 0 bridgehead atoms. The van der Waals surface area contributed by atoms with Crippen molar-refractivity contribution in [1.29, 1.82) is 0 Å². The molecule has 1 saturated heterocycles. The van der Waals surface area contributed by atoms with Gasteiger partial charge < -0.3 is 9.64 Å². The molecule has 1 fully saturated rings. The maximum absolute atomic E-state index is 12.9. The highest BCUT2D eigenvalue weighted by molar-refractivity contribution is 5.91. The summed E-state index contributed by atoms with van der Waals surface area (Å²) in [6.07, 6.45) is 3.83. The zero-order chi connectivity index (χ0) is 19.7. The number of carbonyl (C=O) groups is 1. The molecule has 2 aromatic rings. The Balaban J connectivity index is 2.08. The maximum Gasteiger partial charge on any atom is 0.332 e. The first kappa shape index (κ1) is 19.1. The second-order valence-electron chi connectivity index (χ2n) is 6.90. The molecular weight excluding hydrogens is 348 g/mol. The lowest BCUT2D eigenvalue weighted by atomic mass is 9.95. The maximum atomic E-state index is 12.9. The number of rotatable bonds is 4. The number of anilines is 1. The number of carbonyl (C=O) groups excluding carboxylic acids is 1. The molecule has 8 heteroatoms. The van der Waals surface area contributed by atoms with Crippen LogP contribution >= 0.6 is 0 Å². The van der Waals surface area contributed by atoms with Crippen LogP contribution in [0.3, 0.4) is 0 Å². The lowest BCUT2D eigenvalue weighted by Gasteiger charge is -2.34. The van der Waals surface area contributed by atoms with Gasteiger partial charge in [-0.1, -0.05) is 6.92 Å². The number of aromatic nitrogens is 3. The summed E-state index contributed by atoms with van der Waals surface area (Å²) in [6, 6.07) is 0. The summed E-state index contributed by atoms with van der Waals surface area (Å²) in [4.78, 5) is 43.7. The van der Waals surface area contributed by atoms with Gasteiger partial charge in [-0.25, -0.2) is 9.78 Å². The third-order valence-electron chi connectivity index (χ3n) is 5.33. The van der Waals surface area contributed by atoms with Crippen LogP contribution < -0.4 is 16.1 Å². The standard InChI is InChI=1S/C19H26N4O4/c1-5-12-11-20-16-14(17(24)22(4)19(26)21(16)3)15(12)23-9-7-13(8-10-23)18(25)27-6-2/h11,13H,5-10H2,1-4H3. The number of hydrogen-bond acceptors (Lipinski definition) is 6. The number of piperidine rings is 1. The summed E-state index contributed by atoms with van der Waals surface area (Å²) in [5, 5.41) is 0.466. The molecule has 27 heavy (non-hydrogen) atoms. The predicted octanol–water partition coefficient (Wildman–Crippen LogP) is 0.974. The van der Waals surface area contributed by atoms with Gasteiger partial charge in [-0.05, 0) is 31.7 Å². The van der Waals surface area contributed by atoms with E-state index in [2.05, 4.69) is 9.88 Å². The van der Waals surface area contributed by atoms with Gasteiger partial charge in [-0.3, -0.25) is 18.7 Å². The molecular formula is C19H26N4O4. The Labute approximate surface area is 157 Å². The zero-order valence-electron chi connectivity index (χ0n) is 16.3. The van der Waals surface area contributed by atoms with Crippen LogP contribution in [0.2, 0.25) is 0 Å². The number of esters is 1. The van der Waals surface area contributed by atoms with Crippen molar-refractivity contribution >= 4 is 22.7 Å². The SMILES string of the molecule is CCOC(=O)C1CCN(c2c(CC)cnc3c2c(=O)n(C)c(=O)n3C)CC1. The molecule has 0 radical (unpaired) electrons. The van der Waals surface area contributed by atoms with Crippen LogP contribution in [0.1, 0.15) is 32.3 Å². The van der Waals surface area contributed by atoms with Gasteiger partial charge in [0.2, 0.25) is 0 Å². The molecule has 0 unspecified atom stereocenters. The van der Waals surface area contributed by atoms with E-state index in [0.29, 0.717) is 43.6 Å². The molecule has 0 spiro atoms. The Morgan fingerprint density at radius 2 is 1.85 bits per heavy atom. The van der Waals surface area contributed by atoms with Gasteiger partial charge in [-0.2, -0.15) is 0 Å². The van der Waals surface area contributed by atoms with E-state index in [0.717, 1.165) is 22.2 Å². The number of hydrogen-bond donors (Lipinski definition) is 0. The van der Waals surface area contributed by atoms with Crippen molar-refractivity contribution in [3.63, 3.8) is 0 Å². The van der Waals surface area contributed by atoms with Crippen LogP contribution in [0.25, 0.3) is 11.0 Å². The lowest BCUT2D eigenvalue weighted by Crippen LogP contribution is -2.41. The van der Waals surface area contributed by atoms with E-state index in [1.54, 1.807) is 13.2 Å². The fourth-order valence-corrected chi connectivity index (χ4v) is 3.77. The summed E-state index contributed by atoms with van der Waals surface area (Å²) >= 11 is 0. The zero-order valence-corrected chi connectivity index (χ0v) is 16.3. The van der Waals surface area contributed by atoms with Crippen molar-refractivity contribution in [3.8, 4) is 0 Å². The lowest BCUT2D eigenvalue weighted by molar-refractivity contribution is -0.148. The number of aryl methyl sites for hydroxylation is 2. The van der Waals surface area contributed by atoms with Crippen molar-refractivity contribution in [2.75, 3.05) is 24.6 Å². The second-order valence-corrected chi connectivity index (χ2v) is 6.90. The molecule has 2 aromatic heterocycles. The van der Waals surface area contributed by atoms with E-state index in [1.807, 2.05) is 13.8 Å². The Hall–Kier alpha value is -2.64. The highest BCUT2D eigenvalue weighted by Crippen LogP contribution is 2.31. The Bertz CT molecular complexity index is 984. The molecule has 1 aliphatic heterocycles. The summed E-state index contributed by atoms with van der Waals surface area (Å²) in [5.74, 6) is -0.252. The number of fused-ring (bicyclic) bond motifs is 1. The van der Waals surface area contributed by atoms with Gasteiger partial charge in [0.05, 0.1) is 18.2 Å². The molecule has 0 aliphatic carbocycles. The second kappa shape index (κ2) is 7.54. The number of pyridine rings is 1. The van der Waals surface area contributed by atoms with Gasteiger partial charge in [0.15, 0.2) is 5.65 Å². The quantitative estimate of drug-likeness (QED) is 0.742. The summed E-state index contributed by atoms with van der Waals surface area (Å²) in [6.45, 7) is 5.52. The number of ether oxygens (including phenoxy) is 1. The molecule has 3 rings (SSSR count). The molecule has 0 saturated carbocycles. The van der Waals surface area contributed by atoms with E-state index in [-0.39, 0.29) is 17.4 Å². The molecule has 3 heterocycles. The predicted molar refractivity (Wildman–Crippen MR) is 103 cm³/mol. The molecule has 146 valence electrons. The highest BCUT2D eigenvalue weighted by atomic mass is 16.5. The largest absolute Gasteiger partial charge is 0.466 e. The van der Waals surface area contributed by atoms with Gasteiger partial charge in [0.25, 0.3) is 5.56 Å². The first-order valence-corrected chi connectivity index (χ1v) is 9.39. The Kier molecular flexibility index (Phi) is 5.34. The molecule has 0 N–H and O–H groups in total. The fourth-order valence-electron chi connectivity index (χ4n) is 3.77. The summed E-state index contributed by atoms with van der Waals surface area (Å²) in [5.41, 5.74) is 1.46. The van der Waals surface area contributed by atoms with Crippen LogP contribution in [0.4, 0.5) is 5.69 Å². The fraction of sp³-hybridized carbons (Fsp3) is 0.579. The van der Waals surface area contributed by atoms with Crippen molar-refractivity contribution < 1.29 is 9.53 Å². The van der Waals surface area contributed by atoms with E-state index in [4.69, 9.17) is 4.74 Å². The van der Waals surface area contributed by atoms with Crippen LogP contribution in [0.15, 0.2) is 15.8 Å². The molecule has 8 nitrogen and oxygen atoms in total. The van der Waals surface area contributed by atoms with Gasteiger partial charge in [-0.15, -0.1) is 0 Å². The third-order valence-corrected chi connectivity index (χ3v) is 5.33. The van der Waals surface area contributed by atoms with Crippen LogP contribution in [0.5, 0.6) is 0 Å². The van der Waals surface area contributed by atoms with E-state index < -0.39 is 5.69 Å². The molecule has 0 aromatic carbocycles. The average Bonchev–Trinajstić information content (AvgIpc) is 2.69. The summed E-state index contributed by atoms with van der Waals surface area (Å²) < 4.78 is 7.67. The van der Waals surface area contributed by atoms with Crippen molar-refractivity contribution in [2.45, 2.75) is 33.1 Å². The van der Waals surface area contributed by atoms with Gasteiger partial charge in [0, 0.05) is 33.4 Å². The first-order chi connectivity index (χ1) is 12.9. The third kappa shape index (κ3) is 3.24. The van der Waals surface area contributed by atoms with Crippen LogP contribution in [-0.2, 0) is 30.0 Å². The molecule has 0 amide bonds. The normalized spacial score (nSPS) is 15.3. The minimum absolute atomic E-state index is 0.105. The van der Waals surface area contributed by atoms with Crippen molar-refractivity contribution in [3.05, 3.63) is 32.6 Å². The minimum Gasteiger partial charge on any atom is -0.466 e. The van der Waals surface area contributed by atoms with Crippen LogP contribution in [-0.4, -0.2) is 39.8 Å². The first-order valence-electron chi connectivity index (χ1n) is 9.39. The molecule has 0 atom stereocenters. The summed E-state index contributed by atoms with van der Waals surface area (Å²) in [7, 11) is 3.11. The topological polar surface area (TPSA) is 86.4 Å². The van der Waals surface area contributed by atoms with E-state index in [1.165, 1.54) is 11.6 Å². The van der Waals surface area contributed by atoms with Crippen LogP contribution in [0, 0.1) is 5.92 Å². The average molecular weight is 374 g/mol. The monoisotopic (exact) mass is 374 g/mol. The molecule has 1 aliphatic rings. The van der Waals surface area contributed by atoms with Crippen molar-refractivity contribution in [1.82, 2.24) is 14.1 Å². The Morgan fingerprint density at radius 3 is 2.44 bits per heavy atom. The highest BCUT2D eigenvalue weighted by Gasteiger charge is 2.29. The smallest absolute Gasteiger partial charge is 0.332 e. The van der Waals surface area contributed by atoms with E-state index in [9.17, 15) is 14.4 Å². The van der Waals surface area contributed by atoms with E-state index >= 15 is 0 Å².